The molecule has 1 saturated heterocycles. The van der Waals surface area contributed by atoms with Gasteiger partial charge in [-0.05, 0) is 90.0 Å². The zero-order valence-electron chi connectivity index (χ0n) is 19.8. The Hall–Kier alpha value is -0.389. The summed E-state index contributed by atoms with van der Waals surface area (Å²) in [6, 6.07) is 7.51. The SMILES string of the molecule is CC1=Cc2c(cccc2C23CC4CC(CC(C4)C24[Si](C)(C)[Si](C)(C)[Si]4(C)C)C3)C1. The maximum atomic E-state index is 2.89. The summed E-state index contributed by atoms with van der Waals surface area (Å²) in [6.45, 7) is 19.6. The largest absolute Gasteiger partial charge is 0.0731 e. The Morgan fingerprint density at radius 1 is 0.862 bits per heavy atom. The van der Waals surface area contributed by atoms with Crippen molar-refractivity contribution in [2.24, 2.45) is 17.8 Å². The zero-order valence-corrected chi connectivity index (χ0v) is 22.8. The first-order chi connectivity index (χ1) is 13.5. The van der Waals surface area contributed by atoms with Crippen molar-refractivity contribution in [3.63, 3.8) is 0 Å². The highest BCUT2D eigenvalue weighted by atomic mass is 29.7. The van der Waals surface area contributed by atoms with Crippen molar-refractivity contribution < 1.29 is 0 Å². The Labute approximate surface area is 181 Å². The normalized spacial score (nSPS) is 41.2. The lowest BCUT2D eigenvalue weighted by molar-refractivity contribution is -0.0278. The van der Waals surface area contributed by atoms with E-state index in [2.05, 4.69) is 70.5 Å². The highest BCUT2D eigenvalue weighted by molar-refractivity contribution is 7.79. The van der Waals surface area contributed by atoms with Crippen molar-refractivity contribution >= 4 is 28.4 Å². The van der Waals surface area contributed by atoms with E-state index in [-0.39, 0.29) is 0 Å². The Balaban J connectivity index is 1.67. The van der Waals surface area contributed by atoms with Crippen LogP contribution in [0, 0.1) is 17.8 Å². The van der Waals surface area contributed by atoms with Crippen molar-refractivity contribution in [2.75, 3.05) is 0 Å². The van der Waals surface area contributed by atoms with Crippen LogP contribution in [0.15, 0.2) is 23.8 Å². The molecular weight excluding hydrogens is 397 g/mol. The minimum Gasteiger partial charge on any atom is -0.0731 e. The molecule has 5 fully saturated rings. The predicted molar refractivity (Wildman–Crippen MR) is 134 cm³/mol. The summed E-state index contributed by atoms with van der Waals surface area (Å²) >= 11 is 0. The molecule has 4 bridgehead atoms. The van der Waals surface area contributed by atoms with Gasteiger partial charge in [-0.3, -0.25) is 0 Å². The van der Waals surface area contributed by atoms with E-state index in [9.17, 15) is 0 Å². The van der Waals surface area contributed by atoms with Gasteiger partial charge in [-0.25, -0.2) is 0 Å². The number of fused-ring (bicyclic) bond motifs is 1. The first-order valence-corrected chi connectivity index (χ1v) is 23.3. The summed E-state index contributed by atoms with van der Waals surface area (Å²) in [5.41, 5.74) is 7.29. The van der Waals surface area contributed by atoms with Gasteiger partial charge in [-0.1, -0.05) is 69.1 Å². The van der Waals surface area contributed by atoms with E-state index in [4.69, 9.17) is 0 Å². The summed E-state index contributed by atoms with van der Waals surface area (Å²) < 4.78 is 0.760. The van der Waals surface area contributed by atoms with Crippen LogP contribution in [0.25, 0.3) is 6.08 Å². The minimum absolute atomic E-state index is 0.530. The van der Waals surface area contributed by atoms with Gasteiger partial charge < -0.3 is 0 Å². The van der Waals surface area contributed by atoms with Gasteiger partial charge in [-0.15, -0.1) is 0 Å². The molecule has 6 aliphatic rings. The molecule has 1 aromatic rings. The molecule has 0 N–H and O–H groups in total. The van der Waals surface area contributed by atoms with E-state index in [0.29, 0.717) is 5.41 Å². The summed E-state index contributed by atoms with van der Waals surface area (Å²) in [5.74, 6) is 3.13. The van der Waals surface area contributed by atoms with Gasteiger partial charge in [0.1, 0.15) is 0 Å². The first-order valence-electron chi connectivity index (χ1n) is 12.3. The number of allylic oxidation sites excluding steroid dienone is 1. The standard InChI is InChI=1S/C26H40Si3/c1-18-11-21-9-8-10-24(23(21)12-18)25-16-19-13-20(17-25)15-22(14-19)26(25)27(2,3)29(6,7)28(26,4)5/h8-10,12,19-20,22H,11,13-17H2,1-7H3. The van der Waals surface area contributed by atoms with E-state index in [1.54, 1.807) is 48.8 Å². The Bertz CT molecular complexity index is 919. The number of rotatable bonds is 1. The molecule has 3 heteroatoms. The van der Waals surface area contributed by atoms with Crippen LogP contribution in [0.5, 0.6) is 0 Å². The van der Waals surface area contributed by atoms with Gasteiger partial charge in [0.15, 0.2) is 0 Å². The van der Waals surface area contributed by atoms with E-state index >= 15 is 0 Å². The molecule has 1 heterocycles. The maximum absolute atomic E-state index is 2.89. The molecule has 0 nitrogen and oxygen atoms in total. The topological polar surface area (TPSA) is 0 Å². The van der Waals surface area contributed by atoms with Crippen LogP contribution in [0.2, 0.25) is 43.9 Å². The van der Waals surface area contributed by atoms with Crippen LogP contribution >= 0.6 is 0 Å². The maximum Gasteiger partial charge on any atom is 0.0434 e. The van der Waals surface area contributed by atoms with Crippen molar-refractivity contribution in [1.29, 1.82) is 0 Å². The highest BCUT2D eigenvalue weighted by Gasteiger charge is 2.87. The summed E-state index contributed by atoms with van der Waals surface area (Å²) in [6.07, 6.45) is 11.6. The Kier molecular flexibility index (Phi) is 3.54. The lowest BCUT2D eigenvalue weighted by atomic mass is 9.46. The van der Waals surface area contributed by atoms with E-state index in [1.807, 2.05) is 5.56 Å². The van der Waals surface area contributed by atoms with Gasteiger partial charge in [0, 0.05) is 22.3 Å². The number of hydrogen-bond donors (Lipinski definition) is 0. The lowest BCUT2D eigenvalue weighted by Gasteiger charge is -2.87. The van der Waals surface area contributed by atoms with Gasteiger partial charge in [0.2, 0.25) is 0 Å². The molecule has 5 aliphatic carbocycles. The molecule has 156 valence electrons. The van der Waals surface area contributed by atoms with Gasteiger partial charge in [-0.2, -0.15) is 0 Å². The molecule has 29 heavy (non-hydrogen) atoms. The van der Waals surface area contributed by atoms with Gasteiger partial charge >= 0.3 is 0 Å². The molecule has 0 amide bonds. The third kappa shape index (κ3) is 1.79. The molecule has 7 rings (SSSR count). The van der Waals surface area contributed by atoms with Crippen molar-refractivity contribution in [2.45, 2.75) is 94.8 Å². The summed E-state index contributed by atoms with van der Waals surface area (Å²) in [7, 11) is -3.68. The molecule has 1 spiro atoms. The molecule has 0 radical (unpaired) electrons. The summed E-state index contributed by atoms with van der Waals surface area (Å²) in [5, 5.41) is 0. The van der Waals surface area contributed by atoms with Crippen LogP contribution in [-0.2, 0) is 11.8 Å². The third-order valence-electron chi connectivity index (χ3n) is 12.2. The third-order valence-corrected chi connectivity index (χ3v) is 61.8. The number of benzene rings is 1. The van der Waals surface area contributed by atoms with Crippen molar-refractivity contribution in [3.05, 3.63) is 40.5 Å². The second kappa shape index (κ2) is 5.32. The minimum atomic E-state index is -1.29. The average molecular weight is 437 g/mol. The van der Waals surface area contributed by atoms with Crippen LogP contribution in [-0.4, -0.2) is 22.3 Å². The molecule has 1 aromatic carbocycles. The van der Waals surface area contributed by atoms with Gasteiger partial charge in [0.05, 0.1) is 0 Å². The lowest BCUT2D eigenvalue weighted by Crippen LogP contribution is -2.97. The predicted octanol–water partition coefficient (Wildman–Crippen LogP) is 7.30. The second-order valence-corrected chi connectivity index (χ2v) is 41.7. The molecule has 2 atom stereocenters. The van der Waals surface area contributed by atoms with E-state index < -0.39 is 22.3 Å². The van der Waals surface area contributed by atoms with E-state index in [0.717, 1.165) is 22.4 Å². The second-order valence-electron chi connectivity index (χ2n) is 13.4. The molecule has 4 saturated carbocycles. The van der Waals surface area contributed by atoms with E-state index in [1.165, 1.54) is 6.42 Å². The van der Waals surface area contributed by atoms with Crippen molar-refractivity contribution in [3.8, 4) is 0 Å². The van der Waals surface area contributed by atoms with Crippen molar-refractivity contribution in [1.82, 2.24) is 0 Å². The van der Waals surface area contributed by atoms with Crippen LogP contribution in [0.4, 0.5) is 0 Å². The van der Waals surface area contributed by atoms with Crippen LogP contribution in [0.3, 0.4) is 0 Å². The Morgan fingerprint density at radius 3 is 2.10 bits per heavy atom. The zero-order chi connectivity index (χ0) is 20.6. The fourth-order valence-corrected chi connectivity index (χ4v) is 65.3. The number of hydrogen-bond acceptors (Lipinski definition) is 0. The molecule has 1 aliphatic heterocycles. The van der Waals surface area contributed by atoms with Crippen LogP contribution < -0.4 is 0 Å². The summed E-state index contributed by atoms with van der Waals surface area (Å²) in [4.78, 5) is 0. The quantitative estimate of drug-likeness (QED) is 0.405. The van der Waals surface area contributed by atoms with Gasteiger partial charge in [0.25, 0.3) is 0 Å². The molecular formula is C26H40Si3. The smallest absolute Gasteiger partial charge is 0.0434 e. The first kappa shape index (κ1) is 19.3. The Morgan fingerprint density at radius 2 is 1.48 bits per heavy atom. The fourth-order valence-electron chi connectivity index (χ4n) is 11.1. The molecule has 2 unspecified atom stereocenters. The van der Waals surface area contributed by atoms with Crippen LogP contribution in [0.1, 0.15) is 55.7 Å². The highest BCUT2D eigenvalue weighted by Crippen LogP contribution is 2.84. The molecule has 0 aromatic heterocycles. The fraction of sp³-hybridized carbons (Fsp3) is 0.692. The monoisotopic (exact) mass is 436 g/mol. The average Bonchev–Trinajstić information content (AvgIpc) is 2.99.